The molecule has 2 unspecified atom stereocenters. The highest BCUT2D eigenvalue weighted by Crippen LogP contribution is 2.28. The van der Waals surface area contributed by atoms with Gasteiger partial charge in [-0.1, -0.05) is 12.8 Å². The fourth-order valence-electron chi connectivity index (χ4n) is 3.82. The number of fused-ring (bicyclic) bond motifs is 1. The average Bonchev–Trinajstić information content (AvgIpc) is 2.99. The van der Waals surface area contributed by atoms with Crippen LogP contribution in [0.25, 0.3) is 10.9 Å². The Balaban J connectivity index is 1.68. The highest BCUT2D eigenvalue weighted by Gasteiger charge is 2.24. The summed E-state index contributed by atoms with van der Waals surface area (Å²) >= 11 is 0. The van der Waals surface area contributed by atoms with Gasteiger partial charge >= 0.3 is 0 Å². The Labute approximate surface area is 171 Å². The number of nitrogens with zero attached hydrogens (tertiary/aromatic N) is 3. The molecule has 0 radical (unpaired) electrons. The topological polar surface area (TPSA) is 124 Å². The predicted molar refractivity (Wildman–Crippen MR) is 111 cm³/mol. The summed E-state index contributed by atoms with van der Waals surface area (Å²) in [6.45, 7) is 0. The third-order valence-electron chi connectivity index (χ3n) is 5.45. The maximum Gasteiger partial charge on any atom is 0.252 e. The number of primary amides is 1. The van der Waals surface area contributed by atoms with Gasteiger partial charge in [-0.3, -0.25) is 9.48 Å². The molecule has 1 aliphatic carbocycles. The number of carbonyl (C=O) groups is 1. The summed E-state index contributed by atoms with van der Waals surface area (Å²) in [7, 11) is 1.64. The largest absolute Gasteiger partial charge is 0.365 e. The first-order valence-corrected chi connectivity index (χ1v) is 9.75. The van der Waals surface area contributed by atoms with Gasteiger partial charge in [-0.15, -0.1) is 5.10 Å². The molecule has 0 bridgehead atoms. The molecule has 30 heavy (non-hydrogen) atoms. The molecule has 2 atom stereocenters. The van der Waals surface area contributed by atoms with Crippen molar-refractivity contribution in [3.05, 3.63) is 41.6 Å². The molecule has 1 fully saturated rings. The minimum atomic E-state index is -0.835. The van der Waals surface area contributed by atoms with Crippen LogP contribution in [0.2, 0.25) is 0 Å². The fourth-order valence-corrected chi connectivity index (χ4v) is 3.82. The second-order valence-electron chi connectivity index (χ2n) is 7.55. The highest BCUT2D eigenvalue weighted by molar-refractivity contribution is 5.99. The number of amides is 1. The lowest BCUT2D eigenvalue weighted by atomic mass is 9.91. The molecule has 1 aliphatic rings. The summed E-state index contributed by atoms with van der Waals surface area (Å²) in [5.74, 6) is -2.09. The number of nitrogens with one attached hydrogen (secondary N) is 2. The standard InChI is InChI=1S/C20H23F2N7O/c1-29-16-7-6-10(8-11(16)17(22)28-29)25-19-12(18(24)30)9-13(21)20(27-19)26-15-5-3-2-4-14(15)23/h6-9,14-15H,2-5,23H2,1H3,(H2,24,30)(H2,25,26,27). The van der Waals surface area contributed by atoms with Crippen molar-refractivity contribution in [2.75, 3.05) is 10.6 Å². The van der Waals surface area contributed by atoms with Gasteiger partial charge in [0.15, 0.2) is 11.6 Å². The van der Waals surface area contributed by atoms with Gasteiger partial charge in [-0.2, -0.15) is 4.39 Å². The Kier molecular flexibility index (Phi) is 5.25. The number of pyridine rings is 1. The predicted octanol–water partition coefficient (Wildman–Crippen LogP) is 2.77. The lowest BCUT2D eigenvalue weighted by Gasteiger charge is -2.30. The number of carbonyl (C=O) groups excluding carboxylic acids is 1. The van der Waals surface area contributed by atoms with Gasteiger partial charge in [0.2, 0.25) is 5.95 Å². The Morgan fingerprint density at radius 1 is 1.20 bits per heavy atom. The van der Waals surface area contributed by atoms with Crippen molar-refractivity contribution in [2.24, 2.45) is 18.5 Å². The molecule has 2 heterocycles. The number of hydrogen-bond donors (Lipinski definition) is 4. The molecule has 10 heteroatoms. The van der Waals surface area contributed by atoms with E-state index in [-0.39, 0.29) is 29.3 Å². The number of hydrogen-bond acceptors (Lipinski definition) is 6. The van der Waals surface area contributed by atoms with Crippen molar-refractivity contribution >= 4 is 34.1 Å². The SMILES string of the molecule is Cn1nc(F)c2cc(Nc3nc(NC4CCCCC4N)c(F)cc3C(N)=O)ccc21. The van der Waals surface area contributed by atoms with Gasteiger partial charge in [0.25, 0.3) is 5.91 Å². The van der Waals surface area contributed by atoms with Crippen LogP contribution < -0.4 is 22.1 Å². The van der Waals surface area contributed by atoms with Gasteiger partial charge in [-0.05, 0) is 37.1 Å². The van der Waals surface area contributed by atoms with Crippen molar-refractivity contribution in [3.8, 4) is 0 Å². The van der Waals surface area contributed by atoms with E-state index in [2.05, 4.69) is 20.7 Å². The lowest BCUT2D eigenvalue weighted by Crippen LogP contribution is -2.43. The molecule has 0 spiro atoms. The monoisotopic (exact) mass is 415 g/mol. The normalized spacial score (nSPS) is 19.1. The van der Waals surface area contributed by atoms with Gasteiger partial charge in [0.05, 0.1) is 16.5 Å². The van der Waals surface area contributed by atoms with Crippen molar-refractivity contribution in [1.82, 2.24) is 14.8 Å². The maximum absolute atomic E-state index is 14.6. The third-order valence-corrected chi connectivity index (χ3v) is 5.45. The van der Waals surface area contributed by atoms with Crippen LogP contribution in [-0.4, -0.2) is 32.8 Å². The molecule has 0 aliphatic heterocycles. The fraction of sp³-hybridized carbons (Fsp3) is 0.350. The molecule has 1 amide bonds. The minimum absolute atomic E-state index is 0.0153. The first-order chi connectivity index (χ1) is 14.3. The maximum atomic E-state index is 14.6. The Hall–Kier alpha value is -3.27. The summed E-state index contributed by atoms with van der Waals surface area (Å²) < 4.78 is 30.1. The van der Waals surface area contributed by atoms with E-state index >= 15 is 0 Å². The molecule has 4 rings (SSSR count). The molecule has 6 N–H and O–H groups in total. The summed E-state index contributed by atoms with van der Waals surface area (Å²) in [4.78, 5) is 16.1. The van der Waals surface area contributed by atoms with E-state index in [1.807, 2.05) is 0 Å². The van der Waals surface area contributed by atoms with Gasteiger partial charge < -0.3 is 22.1 Å². The smallest absolute Gasteiger partial charge is 0.252 e. The minimum Gasteiger partial charge on any atom is -0.365 e. The molecular weight excluding hydrogens is 392 g/mol. The van der Waals surface area contributed by atoms with E-state index in [4.69, 9.17) is 11.5 Å². The van der Waals surface area contributed by atoms with Crippen molar-refractivity contribution in [2.45, 2.75) is 37.8 Å². The first kappa shape index (κ1) is 20.0. The van der Waals surface area contributed by atoms with E-state index in [1.54, 1.807) is 19.2 Å². The zero-order chi connectivity index (χ0) is 21.4. The first-order valence-electron chi connectivity index (χ1n) is 9.75. The Morgan fingerprint density at radius 2 is 1.97 bits per heavy atom. The molecule has 1 aromatic carbocycles. The molecule has 3 aromatic rings. The quantitative estimate of drug-likeness (QED) is 0.508. The molecular formula is C20H23F2N7O. The van der Waals surface area contributed by atoms with Crippen LogP contribution >= 0.6 is 0 Å². The van der Waals surface area contributed by atoms with E-state index in [1.165, 1.54) is 10.7 Å². The lowest BCUT2D eigenvalue weighted by molar-refractivity contribution is 0.100. The third kappa shape index (κ3) is 3.78. The van der Waals surface area contributed by atoms with Gasteiger partial charge in [0, 0.05) is 24.8 Å². The van der Waals surface area contributed by atoms with Gasteiger partial charge in [0.1, 0.15) is 5.82 Å². The Morgan fingerprint density at radius 3 is 2.70 bits per heavy atom. The summed E-state index contributed by atoms with van der Waals surface area (Å²) in [5.41, 5.74) is 12.5. The van der Waals surface area contributed by atoms with Crippen LogP contribution in [0.1, 0.15) is 36.0 Å². The Bertz CT molecular complexity index is 1110. The van der Waals surface area contributed by atoms with E-state index in [0.717, 1.165) is 31.7 Å². The average molecular weight is 415 g/mol. The van der Waals surface area contributed by atoms with Crippen LogP contribution in [0.3, 0.4) is 0 Å². The summed E-state index contributed by atoms with van der Waals surface area (Å²) in [6, 6.07) is 5.72. The number of halogens is 2. The summed E-state index contributed by atoms with van der Waals surface area (Å²) in [6.07, 6.45) is 3.68. The van der Waals surface area contributed by atoms with E-state index < -0.39 is 17.7 Å². The number of anilines is 3. The van der Waals surface area contributed by atoms with Crippen LogP contribution in [-0.2, 0) is 7.05 Å². The van der Waals surface area contributed by atoms with Crippen LogP contribution in [0.5, 0.6) is 0 Å². The van der Waals surface area contributed by atoms with E-state index in [9.17, 15) is 13.6 Å². The zero-order valence-corrected chi connectivity index (χ0v) is 16.5. The molecule has 8 nitrogen and oxygen atoms in total. The van der Waals surface area contributed by atoms with Gasteiger partial charge in [-0.25, -0.2) is 9.37 Å². The van der Waals surface area contributed by atoms with Crippen molar-refractivity contribution < 1.29 is 13.6 Å². The number of rotatable bonds is 5. The number of aryl methyl sites for hydroxylation is 1. The molecule has 2 aromatic heterocycles. The van der Waals surface area contributed by atoms with E-state index in [0.29, 0.717) is 16.6 Å². The van der Waals surface area contributed by atoms with Crippen molar-refractivity contribution in [3.63, 3.8) is 0 Å². The summed E-state index contributed by atoms with van der Waals surface area (Å²) in [5, 5.41) is 10.0. The second-order valence-corrected chi connectivity index (χ2v) is 7.55. The number of nitrogens with two attached hydrogens (primary N) is 2. The van der Waals surface area contributed by atoms with Crippen molar-refractivity contribution in [1.29, 1.82) is 0 Å². The van der Waals surface area contributed by atoms with Crippen LogP contribution in [0.4, 0.5) is 26.1 Å². The molecule has 0 saturated heterocycles. The number of benzene rings is 1. The van der Waals surface area contributed by atoms with Crippen LogP contribution in [0, 0.1) is 11.8 Å². The van der Waals surface area contributed by atoms with Crippen LogP contribution in [0.15, 0.2) is 24.3 Å². The molecule has 1 saturated carbocycles. The molecule has 158 valence electrons. The zero-order valence-electron chi connectivity index (χ0n) is 16.5. The second kappa shape index (κ2) is 7.86. The number of aromatic nitrogens is 3. The highest BCUT2D eigenvalue weighted by atomic mass is 19.1.